The molecule has 2 N–H and O–H groups in total. The van der Waals surface area contributed by atoms with Gasteiger partial charge in [0, 0.05) is 13.5 Å². The highest BCUT2D eigenvalue weighted by Gasteiger charge is 2.19. The number of aliphatic hydroxyl groups is 1. The fourth-order valence-corrected chi connectivity index (χ4v) is 3.44. The topological polar surface area (TPSA) is 97.1 Å². The highest BCUT2D eigenvalue weighted by molar-refractivity contribution is 7.92. The number of hydrogen-bond donors (Lipinski definition) is 2. The third kappa shape index (κ3) is 3.36. The average Bonchev–Trinajstić information content (AvgIpc) is 2.99. The molecular weight excluding hydrogens is 300 g/mol. The van der Waals surface area contributed by atoms with E-state index in [0.717, 1.165) is 11.3 Å². The zero-order chi connectivity index (χ0) is 14.6. The second-order valence-corrected chi connectivity index (χ2v) is 6.36. The van der Waals surface area contributed by atoms with Gasteiger partial charge in [0.2, 0.25) is 0 Å². The summed E-state index contributed by atoms with van der Waals surface area (Å²) in [5.41, 5.74) is 0. The van der Waals surface area contributed by atoms with Crippen LogP contribution in [0.4, 0.5) is 5.13 Å². The number of hydrogen-bond acceptors (Lipinski definition) is 6. The van der Waals surface area contributed by atoms with Crippen LogP contribution in [0.15, 0.2) is 23.5 Å². The summed E-state index contributed by atoms with van der Waals surface area (Å²) >= 11 is 1.13. The second-order valence-electron chi connectivity index (χ2n) is 3.70. The van der Waals surface area contributed by atoms with E-state index in [1.165, 1.54) is 23.1 Å². The first-order valence-electron chi connectivity index (χ1n) is 5.59. The minimum Gasteiger partial charge on any atom is -0.395 e. The Morgan fingerprint density at radius 1 is 1.55 bits per heavy atom. The number of aryl methyl sites for hydroxylation is 1. The Balaban J connectivity index is 2.15. The molecule has 0 aliphatic rings. The van der Waals surface area contributed by atoms with Crippen LogP contribution in [0.5, 0.6) is 0 Å². The molecule has 7 nitrogen and oxygen atoms in total. The van der Waals surface area contributed by atoms with Crippen LogP contribution in [0.1, 0.15) is 11.3 Å². The Kier molecular flexibility index (Phi) is 4.39. The van der Waals surface area contributed by atoms with Crippen LogP contribution >= 0.6 is 11.3 Å². The molecular formula is C11H12N4O3S2. The number of aliphatic hydroxyl groups excluding tert-OH is 1. The molecule has 0 bridgehead atoms. The highest BCUT2D eigenvalue weighted by atomic mass is 32.2. The minimum absolute atomic E-state index is 0.00816. The van der Waals surface area contributed by atoms with Crippen molar-refractivity contribution in [3.63, 3.8) is 0 Å². The number of anilines is 1. The van der Waals surface area contributed by atoms with Crippen LogP contribution in [0.2, 0.25) is 0 Å². The first-order valence-corrected chi connectivity index (χ1v) is 7.89. The molecule has 0 fully saturated rings. The predicted octanol–water partition coefficient (Wildman–Crippen LogP) is 0.411. The molecule has 0 saturated carbocycles. The van der Waals surface area contributed by atoms with Gasteiger partial charge in [-0.05, 0) is 6.07 Å². The zero-order valence-electron chi connectivity index (χ0n) is 10.6. The van der Waals surface area contributed by atoms with Crippen molar-refractivity contribution in [2.24, 2.45) is 7.05 Å². The van der Waals surface area contributed by atoms with Gasteiger partial charge in [-0.1, -0.05) is 23.2 Å². The van der Waals surface area contributed by atoms with Crippen molar-refractivity contribution in [3.8, 4) is 11.8 Å². The van der Waals surface area contributed by atoms with Crippen LogP contribution in [0, 0.1) is 11.8 Å². The summed E-state index contributed by atoms with van der Waals surface area (Å²) < 4.78 is 27.8. The maximum absolute atomic E-state index is 12.1. The zero-order valence-corrected chi connectivity index (χ0v) is 12.2. The summed E-state index contributed by atoms with van der Waals surface area (Å²) in [5, 5.41) is 12.7. The molecule has 0 aliphatic carbocycles. The summed E-state index contributed by atoms with van der Waals surface area (Å²) in [4.78, 5) is 4.58. The van der Waals surface area contributed by atoms with E-state index in [1.807, 2.05) is 0 Å². The fourth-order valence-electron chi connectivity index (χ4n) is 1.38. The van der Waals surface area contributed by atoms with Gasteiger partial charge in [-0.25, -0.2) is 4.98 Å². The number of thiazole rings is 1. The first-order chi connectivity index (χ1) is 9.53. The lowest BCUT2D eigenvalue weighted by Gasteiger charge is -2.04. The number of rotatable bonds is 4. The molecule has 2 rings (SSSR count). The number of aromatic nitrogens is 3. The third-order valence-electron chi connectivity index (χ3n) is 2.23. The van der Waals surface area contributed by atoms with E-state index in [9.17, 15) is 8.42 Å². The molecule has 0 aliphatic heterocycles. The van der Waals surface area contributed by atoms with Gasteiger partial charge in [0.15, 0.2) is 10.2 Å². The standard InChI is InChI=1S/C11H12N4O3S2/c1-15-10(5-6-13-15)20(17,18)14-11-12-8-9(19-11)4-2-3-7-16/h5-6,8,16H,3,7H2,1H3,(H,12,14). The number of nitrogens with zero attached hydrogens (tertiary/aromatic N) is 3. The summed E-state index contributed by atoms with van der Waals surface area (Å²) in [6, 6.07) is 1.40. The maximum atomic E-state index is 12.1. The van der Waals surface area contributed by atoms with Crippen molar-refractivity contribution in [2.45, 2.75) is 11.4 Å². The van der Waals surface area contributed by atoms with E-state index in [1.54, 1.807) is 7.05 Å². The fraction of sp³-hybridized carbons (Fsp3) is 0.273. The van der Waals surface area contributed by atoms with Crippen molar-refractivity contribution in [1.29, 1.82) is 0 Å². The molecule has 20 heavy (non-hydrogen) atoms. The van der Waals surface area contributed by atoms with Crippen LogP contribution in [-0.4, -0.2) is 34.9 Å². The van der Waals surface area contributed by atoms with E-state index in [2.05, 4.69) is 26.6 Å². The minimum atomic E-state index is -3.70. The molecule has 0 unspecified atom stereocenters. The Hall–Kier alpha value is -1.89. The van der Waals surface area contributed by atoms with Gasteiger partial charge in [0.25, 0.3) is 10.0 Å². The molecule has 0 radical (unpaired) electrons. The Morgan fingerprint density at radius 2 is 2.35 bits per heavy atom. The van der Waals surface area contributed by atoms with Crippen LogP contribution in [0.3, 0.4) is 0 Å². The smallest absolute Gasteiger partial charge is 0.280 e. The van der Waals surface area contributed by atoms with E-state index < -0.39 is 10.0 Å². The monoisotopic (exact) mass is 312 g/mol. The van der Waals surface area contributed by atoms with Gasteiger partial charge in [-0.15, -0.1) is 0 Å². The van der Waals surface area contributed by atoms with Crippen molar-refractivity contribution >= 4 is 26.5 Å². The SMILES string of the molecule is Cn1nccc1S(=O)(=O)Nc1ncc(C#CCCO)s1. The molecule has 2 aromatic rings. The lowest BCUT2D eigenvalue weighted by molar-refractivity contribution is 0.305. The van der Waals surface area contributed by atoms with Gasteiger partial charge in [-0.3, -0.25) is 9.40 Å². The number of sulfonamides is 1. The van der Waals surface area contributed by atoms with E-state index in [-0.39, 0.29) is 16.8 Å². The second kappa shape index (κ2) is 6.04. The third-order valence-corrected chi connectivity index (χ3v) is 4.60. The Labute approximate surface area is 120 Å². The lowest BCUT2D eigenvalue weighted by Crippen LogP contribution is -2.16. The van der Waals surface area contributed by atoms with Gasteiger partial charge in [-0.2, -0.15) is 13.5 Å². The average molecular weight is 312 g/mol. The van der Waals surface area contributed by atoms with Crippen molar-refractivity contribution in [2.75, 3.05) is 11.3 Å². The molecule has 0 atom stereocenters. The van der Waals surface area contributed by atoms with Gasteiger partial charge < -0.3 is 5.11 Å². The first kappa shape index (κ1) is 14.5. The van der Waals surface area contributed by atoms with Gasteiger partial charge in [0.1, 0.15) is 0 Å². The number of nitrogens with one attached hydrogen (secondary N) is 1. The van der Waals surface area contributed by atoms with Crippen molar-refractivity contribution < 1.29 is 13.5 Å². The summed E-state index contributed by atoms with van der Waals surface area (Å²) in [6.07, 6.45) is 3.26. The van der Waals surface area contributed by atoms with E-state index in [4.69, 9.17) is 5.11 Å². The molecule has 0 spiro atoms. The summed E-state index contributed by atoms with van der Waals surface area (Å²) in [7, 11) is -2.16. The van der Waals surface area contributed by atoms with Crippen molar-refractivity contribution in [1.82, 2.24) is 14.8 Å². The Bertz CT molecular complexity index is 752. The van der Waals surface area contributed by atoms with Gasteiger partial charge in [0.05, 0.1) is 23.9 Å². The van der Waals surface area contributed by atoms with Crippen LogP contribution < -0.4 is 4.72 Å². The molecule has 9 heteroatoms. The normalized spacial score (nSPS) is 10.9. The Morgan fingerprint density at radius 3 is 3.00 bits per heavy atom. The molecule has 2 aromatic heterocycles. The summed E-state index contributed by atoms with van der Waals surface area (Å²) in [6.45, 7) is -0.00816. The van der Waals surface area contributed by atoms with E-state index >= 15 is 0 Å². The van der Waals surface area contributed by atoms with Crippen LogP contribution in [-0.2, 0) is 17.1 Å². The highest BCUT2D eigenvalue weighted by Crippen LogP contribution is 2.20. The van der Waals surface area contributed by atoms with Gasteiger partial charge >= 0.3 is 0 Å². The van der Waals surface area contributed by atoms with E-state index in [0.29, 0.717) is 11.3 Å². The molecule has 106 valence electrons. The molecule has 0 saturated heterocycles. The van der Waals surface area contributed by atoms with Crippen LogP contribution in [0.25, 0.3) is 0 Å². The summed E-state index contributed by atoms with van der Waals surface area (Å²) in [5.74, 6) is 5.53. The lowest BCUT2D eigenvalue weighted by atomic mass is 10.4. The molecule has 0 aromatic carbocycles. The molecule has 0 amide bonds. The maximum Gasteiger partial charge on any atom is 0.280 e. The quantitative estimate of drug-likeness (QED) is 0.797. The predicted molar refractivity (Wildman–Crippen MR) is 74.7 cm³/mol. The largest absolute Gasteiger partial charge is 0.395 e. The van der Waals surface area contributed by atoms with Crippen molar-refractivity contribution in [3.05, 3.63) is 23.3 Å². The molecule has 2 heterocycles.